The molecule has 0 radical (unpaired) electrons. The van der Waals surface area contributed by atoms with E-state index in [1.165, 1.54) is 6.21 Å². The van der Waals surface area contributed by atoms with Crippen molar-refractivity contribution in [3.63, 3.8) is 0 Å². The molecule has 1 atom stereocenters. The zero-order chi connectivity index (χ0) is 20.0. The molecule has 2 rings (SSSR count). The number of carbonyl (C=O) groups is 1. The number of hydrazone groups is 1. The molecule has 0 saturated heterocycles. The number of hydrogen-bond donors (Lipinski definition) is 1. The van der Waals surface area contributed by atoms with E-state index in [1.54, 1.807) is 45.4 Å². The molecule has 0 bridgehead atoms. The van der Waals surface area contributed by atoms with E-state index in [-0.39, 0.29) is 5.91 Å². The van der Waals surface area contributed by atoms with Crippen molar-refractivity contribution in [1.29, 1.82) is 0 Å². The Hall–Kier alpha value is -2.73. The van der Waals surface area contributed by atoms with Crippen molar-refractivity contribution < 1.29 is 19.0 Å². The second-order valence-electron chi connectivity index (χ2n) is 5.95. The Morgan fingerprint density at radius 3 is 2.44 bits per heavy atom. The Morgan fingerprint density at radius 2 is 1.85 bits per heavy atom. The summed E-state index contributed by atoms with van der Waals surface area (Å²) < 4.78 is 16.2. The Kier molecular flexibility index (Phi) is 7.07. The molecule has 0 aromatic heterocycles. The molecule has 2 aromatic rings. The fraction of sp³-hybridized carbons (Fsp3) is 0.300. The molecule has 1 amide bonds. The first-order valence-electron chi connectivity index (χ1n) is 8.34. The van der Waals surface area contributed by atoms with Crippen molar-refractivity contribution in [2.75, 3.05) is 14.2 Å². The summed E-state index contributed by atoms with van der Waals surface area (Å²) in [6.07, 6.45) is 0.761. The van der Waals surface area contributed by atoms with Gasteiger partial charge < -0.3 is 14.2 Å². The average molecular weight is 391 g/mol. The van der Waals surface area contributed by atoms with Gasteiger partial charge in [-0.1, -0.05) is 17.7 Å². The summed E-state index contributed by atoms with van der Waals surface area (Å²) in [6.45, 7) is 5.42. The Labute approximate surface area is 164 Å². The fourth-order valence-electron chi connectivity index (χ4n) is 2.50. The van der Waals surface area contributed by atoms with Crippen LogP contribution in [0.4, 0.5) is 0 Å². The fourth-order valence-corrected chi connectivity index (χ4v) is 2.61. The monoisotopic (exact) mass is 390 g/mol. The minimum absolute atomic E-state index is 0.377. The smallest absolute Gasteiger partial charge is 0.280 e. The summed E-state index contributed by atoms with van der Waals surface area (Å²) in [5.74, 6) is 1.32. The summed E-state index contributed by atoms with van der Waals surface area (Å²) >= 11 is 6.15. The zero-order valence-corrected chi connectivity index (χ0v) is 16.8. The van der Waals surface area contributed by atoms with E-state index < -0.39 is 6.10 Å². The number of para-hydroxylation sites is 1. The molecule has 6 nitrogen and oxygen atoms in total. The predicted molar refractivity (Wildman–Crippen MR) is 106 cm³/mol. The van der Waals surface area contributed by atoms with E-state index in [2.05, 4.69) is 10.5 Å². The van der Waals surface area contributed by atoms with E-state index >= 15 is 0 Å². The third-order valence-corrected chi connectivity index (χ3v) is 4.50. The minimum Gasteiger partial charge on any atom is -0.493 e. The number of nitrogens with zero attached hydrogens (tertiary/aromatic N) is 1. The number of nitrogens with one attached hydrogen (secondary N) is 1. The summed E-state index contributed by atoms with van der Waals surface area (Å²) in [5, 5.41) is 4.67. The van der Waals surface area contributed by atoms with E-state index in [4.69, 9.17) is 25.8 Å². The van der Waals surface area contributed by atoms with Gasteiger partial charge in [0.05, 0.1) is 20.4 Å². The van der Waals surface area contributed by atoms with E-state index in [1.807, 2.05) is 19.9 Å². The molecule has 0 aliphatic carbocycles. The molecule has 27 heavy (non-hydrogen) atoms. The largest absolute Gasteiger partial charge is 0.493 e. The number of aryl methyl sites for hydroxylation is 2. The van der Waals surface area contributed by atoms with Gasteiger partial charge in [0.1, 0.15) is 5.75 Å². The number of methoxy groups -OCH3 is 2. The van der Waals surface area contributed by atoms with Crippen molar-refractivity contribution in [2.45, 2.75) is 26.9 Å². The molecule has 0 aliphatic rings. The highest BCUT2D eigenvalue weighted by Crippen LogP contribution is 2.29. The second kappa shape index (κ2) is 9.28. The molecule has 0 fully saturated rings. The number of rotatable bonds is 7. The minimum atomic E-state index is -0.727. The third kappa shape index (κ3) is 5.14. The van der Waals surface area contributed by atoms with Crippen LogP contribution >= 0.6 is 11.6 Å². The molecule has 7 heteroatoms. The van der Waals surface area contributed by atoms with Crippen molar-refractivity contribution in [1.82, 2.24) is 5.43 Å². The molecule has 0 spiro atoms. The summed E-state index contributed by atoms with van der Waals surface area (Å²) in [4.78, 5) is 12.2. The maximum absolute atomic E-state index is 12.2. The Balaban J connectivity index is 2.02. The van der Waals surface area contributed by atoms with Gasteiger partial charge in [-0.2, -0.15) is 5.10 Å². The number of halogens is 1. The lowest BCUT2D eigenvalue weighted by atomic mass is 10.1. The van der Waals surface area contributed by atoms with Crippen LogP contribution < -0.4 is 19.6 Å². The summed E-state index contributed by atoms with van der Waals surface area (Å²) in [6, 6.07) is 8.98. The van der Waals surface area contributed by atoms with Gasteiger partial charge in [0.25, 0.3) is 5.91 Å². The van der Waals surface area contributed by atoms with Gasteiger partial charge in [-0.15, -0.1) is 0 Å². The maximum Gasteiger partial charge on any atom is 0.280 e. The van der Waals surface area contributed by atoms with Crippen molar-refractivity contribution in [2.24, 2.45) is 5.10 Å². The third-order valence-electron chi connectivity index (χ3n) is 3.90. The quantitative estimate of drug-likeness (QED) is 0.575. The van der Waals surface area contributed by atoms with Gasteiger partial charge in [-0.3, -0.25) is 4.79 Å². The molecule has 1 unspecified atom stereocenters. The van der Waals surface area contributed by atoms with E-state index in [9.17, 15) is 4.79 Å². The number of carbonyl (C=O) groups excluding carboxylic acids is 1. The summed E-state index contributed by atoms with van der Waals surface area (Å²) in [5.41, 5.74) is 4.92. The van der Waals surface area contributed by atoms with Crippen molar-refractivity contribution >= 4 is 23.7 Å². The van der Waals surface area contributed by atoms with Gasteiger partial charge in [0.15, 0.2) is 17.6 Å². The number of amides is 1. The maximum atomic E-state index is 12.2. The van der Waals surface area contributed by atoms with Crippen LogP contribution in [0.15, 0.2) is 35.4 Å². The first kappa shape index (κ1) is 20.6. The first-order chi connectivity index (χ1) is 12.9. The van der Waals surface area contributed by atoms with Crippen LogP contribution in [-0.2, 0) is 4.79 Å². The SMILES string of the molecule is COc1cccc(C=NNC(=O)C(C)Oc2cc(C)c(Cl)c(C)c2)c1OC. The van der Waals surface area contributed by atoms with Crippen molar-refractivity contribution in [3.05, 3.63) is 52.0 Å². The van der Waals surface area contributed by atoms with E-state index in [0.29, 0.717) is 27.8 Å². The van der Waals surface area contributed by atoms with E-state index in [0.717, 1.165) is 11.1 Å². The highest BCUT2D eigenvalue weighted by molar-refractivity contribution is 6.32. The zero-order valence-electron chi connectivity index (χ0n) is 16.0. The lowest BCUT2D eigenvalue weighted by Gasteiger charge is -2.15. The van der Waals surface area contributed by atoms with Crippen molar-refractivity contribution in [3.8, 4) is 17.2 Å². The van der Waals surface area contributed by atoms with Crippen LogP contribution in [0.1, 0.15) is 23.6 Å². The highest BCUT2D eigenvalue weighted by Gasteiger charge is 2.15. The standard InChI is InChI=1S/C20H23ClN2O4/c1-12-9-16(10-13(2)18(12)21)27-14(3)20(24)23-22-11-15-7-6-8-17(25-4)19(15)26-5/h6-11,14H,1-5H3,(H,23,24). The molecular weight excluding hydrogens is 368 g/mol. The molecule has 0 saturated carbocycles. The molecule has 2 aromatic carbocycles. The van der Waals surface area contributed by atoms with Gasteiger partial charge in [-0.25, -0.2) is 5.43 Å². The molecule has 0 heterocycles. The number of hydrogen-bond acceptors (Lipinski definition) is 5. The average Bonchev–Trinajstić information content (AvgIpc) is 2.65. The normalized spacial score (nSPS) is 11.9. The van der Waals surface area contributed by atoms with Crippen LogP contribution in [0.5, 0.6) is 17.2 Å². The molecule has 144 valence electrons. The first-order valence-corrected chi connectivity index (χ1v) is 8.72. The molecule has 0 aliphatic heterocycles. The van der Waals surface area contributed by atoms with Crippen LogP contribution in [-0.4, -0.2) is 32.4 Å². The molecule has 1 N–H and O–H groups in total. The lowest BCUT2D eigenvalue weighted by Crippen LogP contribution is -2.33. The van der Waals surface area contributed by atoms with Gasteiger partial charge >= 0.3 is 0 Å². The van der Waals surface area contributed by atoms with Crippen LogP contribution in [0.25, 0.3) is 0 Å². The Morgan fingerprint density at radius 1 is 1.19 bits per heavy atom. The topological polar surface area (TPSA) is 69.2 Å². The second-order valence-corrected chi connectivity index (χ2v) is 6.33. The molecular formula is C20H23ClN2O4. The predicted octanol–water partition coefficient (Wildman–Crippen LogP) is 3.89. The highest BCUT2D eigenvalue weighted by atomic mass is 35.5. The van der Waals surface area contributed by atoms with Gasteiger partial charge in [0, 0.05) is 10.6 Å². The van der Waals surface area contributed by atoms with Gasteiger partial charge in [-0.05, 0) is 56.2 Å². The van der Waals surface area contributed by atoms with Crippen LogP contribution in [0.3, 0.4) is 0 Å². The lowest BCUT2D eigenvalue weighted by molar-refractivity contribution is -0.127. The Bertz CT molecular complexity index is 829. The number of benzene rings is 2. The summed E-state index contributed by atoms with van der Waals surface area (Å²) in [7, 11) is 3.10. The number of ether oxygens (including phenoxy) is 3. The van der Waals surface area contributed by atoms with Gasteiger partial charge in [0.2, 0.25) is 0 Å². The van der Waals surface area contributed by atoms with Crippen LogP contribution in [0.2, 0.25) is 5.02 Å². The van der Waals surface area contributed by atoms with Crippen LogP contribution in [0, 0.1) is 13.8 Å².